The third-order valence-corrected chi connectivity index (χ3v) is 2.73. The molecule has 1 N–H and O–H groups in total. The number of unbranched alkanes of at least 4 members (excludes halogenated alkanes) is 1. The molecule has 1 aromatic heterocycles. The summed E-state index contributed by atoms with van der Waals surface area (Å²) >= 11 is 0. The Bertz CT molecular complexity index is 534. The SMILES string of the molecule is CCCCc1c(C(=O)O)nnn1-c1ccccc1. The van der Waals surface area contributed by atoms with Crippen LogP contribution in [0.4, 0.5) is 0 Å². The molecule has 0 spiro atoms. The van der Waals surface area contributed by atoms with Crippen molar-refractivity contribution in [1.29, 1.82) is 0 Å². The standard InChI is InChI=1S/C13H15N3O2/c1-2-3-9-11-12(13(17)18)14-15-16(11)10-7-5-4-6-8-10/h4-8H,2-3,9H2,1H3,(H,17,18). The van der Waals surface area contributed by atoms with Gasteiger partial charge in [0.05, 0.1) is 11.4 Å². The second-order valence-electron chi connectivity index (χ2n) is 4.04. The molecule has 18 heavy (non-hydrogen) atoms. The van der Waals surface area contributed by atoms with Crippen molar-refractivity contribution in [2.24, 2.45) is 0 Å². The largest absolute Gasteiger partial charge is 0.476 e. The summed E-state index contributed by atoms with van der Waals surface area (Å²) in [6, 6.07) is 9.46. The number of nitrogens with zero attached hydrogens (tertiary/aromatic N) is 3. The van der Waals surface area contributed by atoms with Crippen LogP contribution in [-0.4, -0.2) is 26.1 Å². The molecule has 5 heteroatoms. The first-order valence-electron chi connectivity index (χ1n) is 5.97. The van der Waals surface area contributed by atoms with Crippen molar-refractivity contribution in [2.75, 3.05) is 0 Å². The van der Waals surface area contributed by atoms with Gasteiger partial charge in [0, 0.05) is 0 Å². The molecule has 0 saturated carbocycles. The molecule has 1 heterocycles. The highest BCUT2D eigenvalue weighted by Gasteiger charge is 2.18. The van der Waals surface area contributed by atoms with Crippen LogP contribution in [0.5, 0.6) is 0 Å². The summed E-state index contributed by atoms with van der Waals surface area (Å²) in [5.74, 6) is -1.02. The topological polar surface area (TPSA) is 68.0 Å². The van der Waals surface area contributed by atoms with E-state index < -0.39 is 5.97 Å². The molecule has 5 nitrogen and oxygen atoms in total. The van der Waals surface area contributed by atoms with E-state index in [2.05, 4.69) is 17.2 Å². The van der Waals surface area contributed by atoms with Gasteiger partial charge in [-0.15, -0.1) is 5.10 Å². The summed E-state index contributed by atoms with van der Waals surface area (Å²) in [5, 5.41) is 16.8. The Labute approximate surface area is 105 Å². The van der Waals surface area contributed by atoms with Gasteiger partial charge in [-0.3, -0.25) is 0 Å². The molecule has 0 saturated heterocycles. The van der Waals surface area contributed by atoms with Crippen molar-refractivity contribution in [1.82, 2.24) is 15.0 Å². The third-order valence-electron chi connectivity index (χ3n) is 2.73. The first-order chi connectivity index (χ1) is 8.74. The van der Waals surface area contributed by atoms with Gasteiger partial charge in [0.15, 0.2) is 5.69 Å². The van der Waals surface area contributed by atoms with Crippen LogP contribution in [0, 0.1) is 0 Å². The van der Waals surface area contributed by atoms with Crippen molar-refractivity contribution in [2.45, 2.75) is 26.2 Å². The summed E-state index contributed by atoms with van der Waals surface area (Å²) in [6.45, 7) is 2.07. The van der Waals surface area contributed by atoms with Gasteiger partial charge >= 0.3 is 5.97 Å². The van der Waals surface area contributed by atoms with Crippen LogP contribution in [0.3, 0.4) is 0 Å². The fourth-order valence-electron chi connectivity index (χ4n) is 1.81. The maximum atomic E-state index is 11.1. The summed E-state index contributed by atoms with van der Waals surface area (Å²) in [6.07, 6.45) is 2.58. The van der Waals surface area contributed by atoms with E-state index in [1.54, 1.807) is 4.68 Å². The van der Waals surface area contributed by atoms with Gasteiger partial charge in [-0.2, -0.15) is 0 Å². The minimum Gasteiger partial charge on any atom is -0.476 e. The first-order valence-corrected chi connectivity index (χ1v) is 5.97. The van der Waals surface area contributed by atoms with E-state index in [9.17, 15) is 4.79 Å². The van der Waals surface area contributed by atoms with Gasteiger partial charge in [-0.05, 0) is 25.0 Å². The Balaban J connectivity index is 2.44. The molecule has 0 radical (unpaired) electrons. The van der Waals surface area contributed by atoms with Crippen LogP contribution in [0.1, 0.15) is 35.9 Å². The molecule has 94 valence electrons. The lowest BCUT2D eigenvalue weighted by Gasteiger charge is -2.06. The van der Waals surface area contributed by atoms with Crippen LogP contribution >= 0.6 is 0 Å². The van der Waals surface area contributed by atoms with Gasteiger partial charge in [0.1, 0.15) is 0 Å². The van der Waals surface area contributed by atoms with Crippen LogP contribution in [0.2, 0.25) is 0 Å². The highest BCUT2D eigenvalue weighted by atomic mass is 16.4. The second kappa shape index (κ2) is 5.44. The van der Waals surface area contributed by atoms with Gasteiger partial charge < -0.3 is 5.11 Å². The van der Waals surface area contributed by atoms with Crippen molar-refractivity contribution in [3.63, 3.8) is 0 Å². The molecule has 0 aliphatic rings. The van der Waals surface area contributed by atoms with E-state index in [1.807, 2.05) is 30.3 Å². The number of rotatable bonds is 5. The predicted octanol–water partition coefficient (Wildman–Crippen LogP) is 2.31. The van der Waals surface area contributed by atoms with Crippen LogP contribution in [-0.2, 0) is 6.42 Å². The van der Waals surface area contributed by atoms with E-state index in [0.29, 0.717) is 12.1 Å². The van der Waals surface area contributed by atoms with E-state index in [-0.39, 0.29) is 5.69 Å². The molecular formula is C13H15N3O2. The van der Waals surface area contributed by atoms with Gasteiger partial charge in [-0.1, -0.05) is 36.8 Å². The average molecular weight is 245 g/mol. The Morgan fingerprint density at radius 3 is 2.67 bits per heavy atom. The van der Waals surface area contributed by atoms with Crippen LogP contribution in [0.15, 0.2) is 30.3 Å². The van der Waals surface area contributed by atoms with Crippen molar-refractivity contribution in [3.05, 3.63) is 41.7 Å². The minimum absolute atomic E-state index is 0.0484. The van der Waals surface area contributed by atoms with Crippen LogP contribution in [0.25, 0.3) is 5.69 Å². The molecule has 0 bridgehead atoms. The number of para-hydroxylation sites is 1. The van der Waals surface area contributed by atoms with E-state index in [0.717, 1.165) is 18.5 Å². The minimum atomic E-state index is -1.02. The van der Waals surface area contributed by atoms with Crippen LogP contribution < -0.4 is 0 Å². The smallest absolute Gasteiger partial charge is 0.358 e. The number of hydrogen-bond acceptors (Lipinski definition) is 3. The molecule has 0 amide bonds. The molecule has 0 aliphatic heterocycles. The molecule has 0 fully saturated rings. The second-order valence-corrected chi connectivity index (χ2v) is 4.04. The molecule has 2 aromatic rings. The number of benzene rings is 1. The van der Waals surface area contributed by atoms with Crippen molar-refractivity contribution in [3.8, 4) is 5.69 Å². The molecule has 0 unspecified atom stereocenters. The highest BCUT2D eigenvalue weighted by molar-refractivity contribution is 5.86. The van der Waals surface area contributed by atoms with Crippen molar-refractivity contribution >= 4 is 5.97 Å². The molecule has 2 rings (SSSR count). The lowest BCUT2D eigenvalue weighted by Crippen LogP contribution is -2.07. The lowest BCUT2D eigenvalue weighted by atomic mass is 10.1. The fourth-order valence-corrected chi connectivity index (χ4v) is 1.81. The Kier molecular flexibility index (Phi) is 3.72. The normalized spacial score (nSPS) is 10.5. The maximum Gasteiger partial charge on any atom is 0.358 e. The van der Waals surface area contributed by atoms with E-state index >= 15 is 0 Å². The molecule has 0 atom stereocenters. The monoisotopic (exact) mass is 245 g/mol. The Morgan fingerprint density at radius 1 is 1.33 bits per heavy atom. The number of carboxylic acid groups (broad SMARTS) is 1. The number of carbonyl (C=O) groups is 1. The number of carboxylic acids is 1. The average Bonchev–Trinajstić information content (AvgIpc) is 2.81. The number of aromatic carboxylic acids is 1. The zero-order valence-corrected chi connectivity index (χ0v) is 10.2. The zero-order chi connectivity index (χ0) is 13.0. The molecule has 1 aromatic carbocycles. The molecule has 0 aliphatic carbocycles. The summed E-state index contributed by atoms with van der Waals surface area (Å²) in [4.78, 5) is 11.1. The van der Waals surface area contributed by atoms with Gasteiger partial charge in [0.2, 0.25) is 0 Å². The van der Waals surface area contributed by atoms with Gasteiger partial charge in [-0.25, -0.2) is 9.48 Å². The third kappa shape index (κ3) is 2.40. The van der Waals surface area contributed by atoms with Gasteiger partial charge in [0.25, 0.3) is 0 Å². The number of hydrogen-bond donors (Lipinski definition) is 1. The zero-order valence-electron chi connectivity index (χ0n) is 10.2. The predicted molar refractivity (Wildman–Crippen MR) is 66.9 cm³/mol. The van der Waals surface area contributed by atoms with E-state index in [4.69, 9.17) is 5.11 Å². The summed E-state index contributed by atoms with van der Waals surface area (Å²) in [7, 11) is 0. The Hall–Kier alpha value is -2.17. The lowest BCUT2D eigenvalue weighted by molar-refractivity contribution is 0.0689. The quantitative estimate of drug-likeness (QED) is 0.877. The van der Waals surface area contributed by atoms with E-state index in [1.165, 1.54) is 0 Å². The molecular weight excluding hydrogens is 230 g/mol. The summed E-state index contributed by atoms with van der Waals surface area (Å²) in [5.41, 5.74) is 1.55. The number of aromatic nitrogens is 3. The fraction of sp³-hybridized carbons (Fsp3) is 0.308. The summed E-state index contributed by atoms with van der Waals surface area (Å²) < 4.78 is 1.61. The maximum absolute atomic E-state index is 11.1. The highest BCUT2D eigenvalue weighted by Crippen LogP contribution is 2.15. The Morgan fingerprint density at radius 2 is 2.06 bits per heavy atom. The van der Waals surface area contributed by atoms with Crippen molar-refractivity contribution < 1.29 is 9.90 Å². The first kappa shape index (κ1) is 12.3.